The van der Waals surface area contributed by atoms with E-state index in [0.717, 1.165) is 18.7 Å². The van der Waals surface area contributed by atoms with Crippen molar-refractivity contribution >= 4 is 6.08 Å². The molecule has 1 aliphatic carbocycles. The molecule has 1 aromatic rings. The van der Waals surface area contributed by atoms with Gasteiger partial charge < -0.3 is 11.1 Å². The smallest absolute Gasteiger partial charge is 0.0361 e. The van der Waals surface area contributed by atoms with Crippen molar-refractivity contribution in [2.45, 2.75) is 31.7 Å². The highest BCUT2D eigenvalue weighted by Gasteiger charge is 2.33. The molecule has 106 valence electrons. The summed E-state index contributed by atoms with van der Waals surface area (Å²) in [7, 11) is 0. The lowest BCUT2D eigenvalue weighted by atomic mass is 9.74. The summed E-state index contributed by atoms with van der Waals surface area (Å²) >= 11 is 0. The topological polar surface area (TPSA) is 38.0 Å². The van der Waals surface area contributed by atoms with Gasteiger partial charge in [0, 0.05) is 12.0 Å². The normalized spacial score (nSPS) is 27.2. The Morgan fingerprint density at radius 2 is 1.95 bits per heavy atom. The molecule has 1 fully saturated rings. The van der Waals surface area contributed by atoms with E-state index in [2.05, 4.69) is 49.2 Å². The van der Waals surface area contributed by atoms with Gasteiger partial charge in [-0.3, -0.25) is 0 Å². The van der Waals surface area contributed by atoms with Crippen LogP contribution >= 0.6 is 0 Å². The maximum absolute atomic E-state index is 6.54. The van der Waals surface area contributed by atoms with Crippen LogP contribution in [0.3, 0.4) is 0 Å². The van der Waals surface area contributed by atoms with Gasteiger partial charge in [-0.2, -0.15) is 0 Å². The van der Waals surface area contributed by atoms with Crippen LogP contribution in [0.4, 0.5) is 0 Å². The number of nitrogens with one attached hydrogen (secondary N) is 1. The van der Waals surface area contributed by atoms with E-state index in [1.54, 1.807) is 0 Å². The van der Waals surface area contributed by atoms with Crippen molar-refractivity contribution in [2.24, 2.45) is 11.7 Å². The molecule has 0 saturated carbocycles. The summed E-state index contributed by atoms with van der Waals surface area (Å²) < 4.78 is 0. The van der Waals surface area contributed by atoms with Crippen LogP contribution in [-0.4, -0.2) is 19.1 Å². The molecular weight excluding hydrogens is 244 g/mol. The van der Waals surface area contributed by atoms with E-state index in [9.17, 15) is 0 Å². The summed E-state index contributed by atoms with van der Waals surface area (Å²) in [5.41, 5.74) is 11.6. The molecule has 0 aromatic heterocycles. The minimum atomic E-state index is 0.0401. The van der Waals surface area contributed by atoms with Gasteiger partial charge in [0.05, 0.1) is 0 Å². The zero-order valence-corrected chi connectivity index (χ0v) is 12.2. The quantitative estimate of drug-likeness (QED) is 0.821. The SMILES string of the molecule is C=C1C=Cc2cc(C)ccc2C(C2CCNCC2)C1N. The molecule has 1 saturated heterocycles. The van der Waals surface area contributed by atoms with Gasteiger partial charge in [-0.15, -0.1) is 0 Å². The minimum absolute atomic E-state index is 0.0401. The first-order valence-electron chi connectivity index (χ1n) is 7.60. The monoisotopic (exact) mass is 268 g/mol. The number of rotatable bonds is 1. The number of fused-ring (bicyclic) bond motifs is 1. The molecule has 3 N–H and O–H groups in total. The van der Waals surface area contributed by atoms with Crippen LogP contribution in [0, 0.1) is 12.8 Å². The lowest BCUT2D eigenvalue weighted by molar-refractivity contribution is 0.301. The molecule has 3 rings (SSSR count). The minimum Gasteiger partial charge on any atom is -0.323 e. The number of hydrogen-bond acceptors (Lipinski definition) is 2. The van der Waals surface area contributed by atoms with Crippen LogP contribution in [0.5, 0.6) is 0 Å². The van der Waals surface area contributed by atoms with E-state index in [0.29, 0.717) is 11.8 Å². The van der Waals surface area contributed by atoms with Crippen molar-refractivity contribution < 1.29 is 0 Å². The van der Waals surface area contributed by atoms with Gasteiger partial charge in [-0.05, 0) is 55.5 Å². The van der Waals surface area contributed by atoms with Crippen molar-refractivity contribution in [1.29, 1.82) is 0 Å². The summed E-state index contributed by atoms with van der Waals surface area (Å²) in [6.07, 6.45) is 6.70. The Hall–Kier alpha value is -1.38. The highest BCUT2D eigenvalue weighted by atomic mass is 14.9. The molecule has 0 bridgehead atoms. The Morgan fingerprint density at radius 1 is 1.20 bits per heavy atom. The molecule has 0 amide bonds. The fourth-order valence-corrected chi connectivity index (χ4v) is 3.62. The van der Waals surface area contributed by atoms with E-state index in [1.165, 1.54) is 29.5 Å². The van der Waals surface area contributed by atoms with Gasteiger partial charge in [0.1, 0.15) is 0 Å². The highest BCUT2D eigenvalue weighted by molar-refractivity contribution is 5.62. The average Bonchev–Trinajstić information content (AvgIpc) is 2.58. The Morgan fingerprint density at radius 3 is 2.70 bits per heavy atom. The van der Waals surface area contributed by atoms with Gasteiger partial charge in [0.2, 0.25) is 0 Å². The molecule has 2 nitrogen and oxygen atoms in total. The van der Waals surface area contributed by atoms with E-state index in [-0.39, 0.29) is 6.04 Å². The second kappa shape index (κ2) is 5.55. The third kappa shape index (κ3) is 2.46. The van der Waals surface area contributed by atoms with Gasteiger partial charge in [0.25, 0.3) is 0 Å². The molecule has 2 unspecified atom stereocenters. The summed E-state index contributed by atoms with van der Waals surface area (Å²) in [5, 5.41) is 3.45. The molecular formula is C18H24N2. The molecule has 1 heterocycles. The van der Waals surface area contributed by atoms with Crippen molar-refractivity contribution in [3.63, 3.8) is 0 Å². The van der Waals surface area contributed by atoms with E-state index in [4.69, 9.17) is 5.73 Å². The maximum atomic E-state index is 6.54. The van der Waals surface area contributed by atoms with E-state index < -0.39 is 0 Å². The van der Waals surface area contributed by atoms with E-state index >= 15 is 0 Å². The Labute approximate surface area is 121 Å². The number of hydrogen-bond donors (Lipinski definition) is 2. The standard InChI is InChI=1S/C18H24N2/c1-12-3-6-16-15(11-12)5-4-13(2)18(19)17(16)14-7-9-20-10-8-14/h3-6,11,14,17-18,20H,2,7-10,19H2,1H3. The number of benzene rings is 1. The second-order valence-corrected chi connectivity index (χ2v) is 6.18. The van der Waals surface area contributed by atoms with Crippen LogP contribution in [0.2, 0.25) is 0 Å². The fourth-order valence-electron chi connectivity index (χ4n) is 3.62. The lowest BCUT2D eigenvalue weighted by Gasteiger charge is -2.35. The Bertz CT molecular complexity index is 538. The zero-order chi connectivity index (χ0) is 14.1. The van der Waals surface area contributed by atoms with Gasteiger partial charge in [-0.1, -0.05) is 42.5 Å². The van der Waals surface area contributed by atoms with Crippen LogP contribution in [0.15, 0.2) is 36.4 Å². The molecule has 2 aliphatic rings. The molecule has 1 aliphatic heterocycles. The lowest BCUT2D eigenvalue weighted by Crippen LogP contribution is -2.39. The first kappa shape index (κ1) is 13.6. The molecule has 0 radical (unpaired) electrons. The molecule has 0 spiro atoms. The Kier molecular flexibility index (Phi) is 3.77. The third-order valence-corrected chi connectivity index (χ3v) is 4.79. The van der Waals surface area contributed by atoms with Crippen LogP contribution in [-0.2, 0) is 0 Å². The summed E-state index contributed by atoms with van der Waals surface area (Å²) in [5.74, 6) is 1.06. The van der Waals surface area contributed by atoms with E-state index in [1.807, 2.05) is 0 Å². The summed E-state index contributed by atoms with van der Waals surface area (Å²) in [6.45, 7) is 8.54. The first-order valence-corrected chi connectivity index (χ1v) is 7.60. The number of piperidine rings is 1. The van der Waals surface area contributed by atoms with Crippen molar-refractivity contribution in [3.8, 4) is 0 Å². The maximum Gasteiger partial charge on any atom is 0.0361 e. The predicted molar refractivity (Wildman–Crippen MR) is 85.7 cm³/mol. The van der Waals surface area contributed by atoms with Gasteiger partial charge in [0.15, 0.2) is 0 Å². The third-order valence-electron chi connectivity index (χ3n) is 4.79. The molecule has 2 heteroatoms. The second-order valence-electron chi connectivity index (χ2n) is 6.18. The van der Waals surface area contributed by atoms with Gasteiger partial charge in [-0.25, -0.2) is 0 Å². The van der Waals surface area contributed by atoms with Crippen LogP contribution in [0.25, 0.3) is 6.08 Å². The largest absolute Gasteiger partial charge is 0.323 e. The molecule has 2 atom stereocenters. The summed E-state index contributed by atoms with van der Waals surface area (Å²) in [6, 6.07) is 6.80. The Balaban J connectivity index is 2.04. The van der Waals surface area contributed by atoms with Crippen molar-refractivity contribution in [2.75, 3.05) is 13.1 Å². The number of aryl methyl sites for hydroxylation is 1. The predicted octanol–water partition coefficient (Wildman–Crippen LogP) is 2.99. The van der Waals surface area contributed by atoms with Crippen LogP contribution in [0.1, 0.15) is 35.4 Å². The fraction of sp³-hybridized carbons (Fsp3) is 0.444. The average molecular weight is 268 g/mol. The number of nitrogens with two attached hydrogens (primary N) is 1. The van der Waals surface area contributed by atoms with Gasteiger partial charge >= 0.3 is 0 Å². The zero-order valence-electron chi connectivity index (χ0n) is 12.2. The highest BCUT2D eigenvalue weighted by Crippen LogP contribution is 2.39. The first-order chi connectivity index (χ1) is 9.66. The summed E-state index contributed by atoms with van der Waals surface area (Å²) in [4.78, 5) is 0. The van der Waals surface area contributed by atoms with Crippen LogP contribution < -0.4 is 11.1 Å². The molecule has 20 heavy (non-hydrogen) atoms. The van der Waals surface area contributed by atoms with Crippen molar-refractivity contribution in [3.05, 3.63) is 53.1 Å². The van der Waals surface area contributed by atoms with Crippen molar-refractivity contribution in [1.82, 2.24) is 5.32 Å². The molecule has 1 aromatic carbocycles.